The molecule has 0 aliphatic rings. The Hall–Kier alpha value is -2.43. The normalized spacial score (nSPS) is 10.8. The molecule has 0 saturated heterocycles. The van der Waals surface area contributed by atoms with Gasteiger partial charge in [-0.25, -0.2) is 0 Å². The third-order valence-corrected chi connectivity index (χ3v) is 2.42. The van der Waals surface area contributed by atoms with E-state index in [1.165, 1.54) is 0 Å². The zero-order valence-electron chi connectivity index (χ0n) is 8.38. The molecule has 0 aliphatic carbocycles. The van der Waals surface area contributed by atoms with Gasteiger partial charge in [-0.1, -0.05) is 30.3 Å². The summed E-state index contributed by atoms with van der Waals surface area (Å²) < 4.78 is 0. The molecule has 2 aromatic heterocycles. The van der Waals surface area contributed by atoms with Crippen LogP contribution in [0.25, 0.3) is 22.3 Å². The van der Waals surface area contributed by atoms with Crippen molar-refractivity contribution in [3.63, 3.8) is 0 Å². The van der Waals surface area contributed by atoms with E-state index in [1.807, 2.05) is 36.4 Å². The second kappa shape index (κ2) is 3.30. The van der Waals surface area contributed by atoms with Crippen molar-refractivity contribution >= 4 is 16.9 Å². The summed E-state index contributed by atoms with van der Waals surface area (Å²) in [4.78, 5) is 0. The summed E-state index contributed by atoms with van der Waals surface area (Å²) >= 11 is 0. The summed E-state index contributed by atoms with van der Waals surface area (Å²) in [5, 5.41) is 15.5. The van der Waals surface area contributed by atoms with Crippen LogP contribution in [0.3, 0.4) is 0 Å². The van der Waals surface area contributed by atoms with Gasteiger partial charge in [0.15, 0.2) is 11.5 Å². The zero-order valence-corrected chi connectivity index (χ0v) is 8.38. The van der Waals surface area contributed by atoms with Crippen LogP contribution in [-0.2, 0) is 0 Å². The fourth-order valence-electron chi connectivity index (χ4n) is 1.59. The largest absolute Gasteiger partial charge is 0.382 e. The van der Waals surface area contributed by atoms with E-state index in [0.29, 0.717) is 11.5 Å². The summed E-state index contributed by atoms with van der Waals surface area (Å²) in [5.74, 6) is 0.446. The van der Waals surface area contributed by atoms with Crippen LogP contribution in [0.4, 0.5) is 5.82 Å². The molecular formula is C11H9N5. The summed E-state index contributed by atoms with van der Waals surface area (Å²) in [6.45, 7) is 0. The summed E-state index contributed by atoms with van der Waals surface area (Å²) in [6.07, 6.45) is 0. The molecule has 0 atom stereocenters. The topological polar surface area (TPSA) is 80.5 Å². The highest BCUT2D eigenvalue weighted by Crippen LogP contribution is 2.21. The Labute approximate surface area is 91.3 Å². The zero-order chi connectivity index (χ0) is 11.0. The van der Waals surface area contributed by atoms with Gasteiger partial charge in [0.1, 0.15) is 0 Å². The molecule has 1 aromatic carbocycles. The number of nitrogens with two attached hydrogens (primary N) is 1. The number of aromatic nitrogens is 4. The smallest absolute Gasteiger partial charge is 0.180 e. The first kappa shape index (κ1) is 8.84. The first-order chi connectivity index (χ1) is 7.84. The molecule has 3 rings (SSSR count). The fourth-order valence-corrected chi connectivity index (χ4v) is 1.59. The quantitative estimate of drug-likeness (QED) is 0.640. The number of H-pyrrole nitrogens is 1. The lowest BCUT2D eigenvalue weighted by Crippen LogP contribution is -1.89. The molecule has 0 aliphatic heterocycles. The second-order valence-electron chi connectivity index (χ2n) is 3.47. The van der Waals surface area contributed by atoms with Crippen molar-refractivity contribution in [1.82, 2.24) is 20.4 Å². The Kier molecular flexibility index (Phi) is 1.83. The van der Waals surface area contributed by atoms with Crippen LogP contribution >= 0.6 is 0 Å². The molecule has 0 saturated carbocycles. The van der Waals surface area contributed by atoms with Crippen molar-refractivity contribution in [2.75, 3.05) is 5.73 Å². The Morgan fingerprint density at radius 3 is 2.69 bits per heavy atom. The van der Waals surface area contributed by atoms with Crippen LogP contribution in [0.15, 0.2) is 36.4 Å². The SMILES string of the molecule is Nc1n[nH]c2nnc(-c3ccccc3)cc12. The number of hydrogen-bond donors (Lipinski definition) is 2. The third-order valence-electron chi connectivity index (χ3n) is 2.42. The second-order valence-corrected chi connectivity index (χ2v) is 3.47. The van der Waals surface area contributed by atoms with Gasteiger partial charge in [0.05, 0.1) is 11.1 Å². The Bertz CT molecular complexity index is 629. The maximum Gasteiger partial charge on any atom is 0.180 e. The molecule has 3 aromatic rings. The predicted octanol–water partition coefficient (Wildman–Crippen LogP) is 1.60. The number of fused-ring (bicyclic) bond motifs is 1. The first-order valence-electron chi connectivity index (χ1n) is 4.87. The average Bonchev–Trinajstić information content (AvgIpc) is 2.72. The Balaban J connectivity index is 2.22. The molecule has 0 unspecified atom stereocenters. The maximum atomic E-state index is 5.71. The summed E-state index contributed by atoms with van der Waals surface area (Å²) in [6, 6.07) is 11.7. The molecule has 0 spiro atoms. The lowest BCUT2D eigenvalue weighted by Gasteiger charge is -1.98. The van der Waals surface area contributed by atoms with Gasteiger partial charge < -0.3 is 5.73 Å². The highest BCUT2D eigenvalue weighted by Gasteiger charge is 2.06. The number of nitrogen functional groups attached to an aromatic ring is 1. The minimum atomic E-state index is 0.446. The number of nitrogens with zero attached hydrogens (tertiary/aromatic N) is 3. The van der Waals surface area contributed by atoms with Crippen LogP contribution in [0, 0.1) is 0 Å². The number of benzene rings is 1. The Morgan fingerprint density at radius 1 is 1.06 bits per heavy atom. The number of hydrogen-bond acceptors (Lipinski definition) is 4. The van der Waals surface area contributed by atoms with Crippen molar-refractivity contribution in [3.8, 4) is 11.3 Å². The van der Waals surface area contributed by atoms with Crippen molar-refractivity contribution in [2.45, 2.75) is 0 Å². The minimum absolute atomic E-state index is 0.446. The number of rotatable bonds is 1. The van der Waals surface area contributed by atoms with Crippen molar-refractivity contribution < 1.29 is 0 Å². The van der Waals surface area contributed by atoms with Crippen LogP contribution in [0.2, 0.25) is 0 Å². The summed E-state index contributed by atoms with van der Waals surface area (Å²) in [5.41, 5.74) is 8.13. The van der Waals surface area contributed by atoms with E-state index < -0.39 is 0 Å². The monoisotopic (exact) mass is 211 g/mol. The van der Waals surface area contributed by atoms with E-state index in [0.717, 1.165) is 16.6 Å². The molecular weight excluding hydrogens is 202 g/mol. The van der Waals surface area contributed by atoms with Crippen LogP contribution < -0.4 is 5.73 Å². The van der Waals surface area contributed by atoms with E-state index in [-0.39, 0.29) is 0 Å². The highest BCUT2D eigenvalue weighted by atomic mass is 15.2. The fraction of sp³-hybridized carbons (Fsp3) is 0. The molecule has 5 heteroatoms. The molecule has 16 heavy (non-hydrogen) atoms. The van der Waals surface area contributed by atoms with Crippen molar-refractivity contribution in [2.24, 2.45) is 0 Å². The maximum absolute atomic E-state index is 5.71. The summed E-state index contributed by atoms with van der Waals surface area (Å²) in [7, 11) is 0. The first-order valence-corrected chi connectivity index (χ1v) is 4.87. The van der Waals surface area contributed by atoms with Gasteiger partial charge in [0, 0.05) is 5.56 Å². The lowest BCUT2D eigenvalue weighted by molar-refractivity contribution is 1.03. The van der Waals surface area contributed by atoms with E-state index in [2.05, 4.69) is 20.4 Å². The van der Waals surface area contributed by atoms with Gasteiger partial charge in [-0.2, -0.15) is 5.10 Å². The molecule has 5 nitrogen and oxygen atoms in total. The van der Waals surface area contributed by atoms with E-state index >= 15 is 0 Å². The van der Waals surface area contributed by atoms with Crippen molar-refractivity contribution in [1.29, 1.82) is 0 Å². The highest BCUT2D eigenvalue weighted by molar-refractivity contribution is 5.87. The standard InChI is InChI=1S/C11H9N5/c12-10-8-6-9(7-4-2-1-3-5-7)13-15-11(8)16-14-10/h1-6H,(H3,12,14,15,16). The molecule has 78 valence electrons. The predicted molar refractivity (Wildman–Crippen MR) is 61.5 cm³/mol. The van der Waals surface area contributed by atoms with Crippen LogP contribution in [0.5, 0.6) is 0 Å². The van der Waals surface area contributed by atoms with E-state index in [4.69, 9.17) is 5.73 Å². The van der Waals surface area contributed by atoms with Crippen LogP contribution in [0.1, 0.15) is 0 Å². The molecule has 0 fully saturated rings. The molecule has 0 bridgehead atoms. The third kappa shape index (κ3) is 1.30. The average molecular weight is 211 g/mol. The molecule has 0 radical (unpaired) electrons. The Morgan fingerprint density at radius 2 is 1.88 bits per heavy atom. The van der Waals surface area contributed by atoms with E-state index in [9.17, 15) is 0 Å². The van der Waals surface area contributed by atoms with Gasteiger partial charge in [-0.15, -0.1) is 10.2 Å². The van der Waals surface area contributed by atoms with Gasteiger partial charge in [0.25, 0.3) is 0 Å². The van der Waals surface area contributed by atoms with Crippen molar-refractivity contribution in [3.05, 3.63) is 36.4 Å². The van der Waals surface area contributed by atoms with Crippen LogP contribution in [-0.4, -0.2) is 20.4 Å². The number of aromatic amines is 1. The molecule has 0 amide bonds. The lowest BCUT2D eigenvalue weighted by atomic mass is 10.1. The van der Waals surface area contributed by atoms with Gasteiger partial charge in [-0.3, -0.25) is 5.10 Å². The van der Waals surface area contributed by atoms with Gasteiger partial charge >= 0.3 is 0 Å². The van der Waals surface area contributed by atoms with Gasteiger partial charge in [0.2, 0.25) is 0 Å². The minimum Gasteiger partial charge on any atom is -0.382 e. The molecule has 3 N–H and O–H groups in total. The van der Waals surface area contributed by atoms with Gasteiger partial charge in [-0.05, 0) is 6.07 Å². The number of nitrogens with one attached hydrogen (secondary N) is 1. The molecule has 2 heterocycles. The van der Waals surface area contributed by atoms with E-state index in [1.54, 1.807) is 0 Å². The number of anilines is 1.